The van der Waals surface area contributed by atoms with Gasteiger partial charge in [-0.1, -0.05) is 18.2 Å². The number of halogens is 3. The minimum absolute atomic E-state index is 0.0907. The van der Waals surface area contributed by atoms with Gasteiger partial charge in [0.1, 0.15) is 6.54 Å². The number of hydrogen-bond acceptors (Lipinski definition) is 3. The Morgan fingerprint density at radius 2 is 1.95 bits per heavy atom. The average Bonchev–Trinajstić information content (AvgIpc) is 2.76. The van der Waals surface area contributed by atoms with E-state index in [0.29, 0.717) is 10.4 Å². The molecule has 1 aromatic heterocycles. The first-order valence-corrected chi connectivity index (χ1v) is 6.01. The second-order valence-corrected chi connectivity index (χ2v) is 4.45. The highest BCUT2D eigenvalue weighted by Gasteiger charge is 2.30. The Bertz CT molecular complexity index is 637. The molecule has 2 N–H and O–H groups in total. The number of alkyl halides is 3. The van der Waals surface area contributed by atoms with Crippen LogP contribution in [0, 0.1) is 0 Å². The fourth-order valence-electron chi connectivity index (χ4n) is 1.80. The molecule has 0 spiro atoms. The van der Waals surface area contributed by atoms with Crippen LogP contribution in [0.1, 0.15) is 10.5 Å². The van der Waals surface area contributed by atoms with Crippen LogP contribution >= 0.6 is 0 Å². The van der Waals surface area contributed by atoms with Crippen molar-refractivity contribution >= 4 is 17.3 Å². The lowest BCUT2D eigenvalue weighted by atomic mass is 10.2. The number of amides is 1. The predicted molar refractivity (Wildman–Crippen MR) is 71.9 cm³/mol. The third-order valence-electron chi connectivity index (χ3n) is 2.78. The van der Waals surface area contributed by atoms with Crippen LogP contribution in [0.15, 0.2) is 36.5 Å². The summed E-state index contributed by atoms with van der Waals surface area (Å²) in [5.41, 5.74) is 5.88. The van der Waals surface area contributed by atoms with E-state index in [0.717, 1.165) is 6.20 Å². The van der Waals surface area contributed by atoms with Crippen LogP contribution in [0.5, 0.6) is 0 Å². The van der Waals surface area contributed by atoms with E-state index in [-0.39, 0.29) is 11.4 Å². The molecular weight excluding hydrogens is 285 g/mol. The van der Waals surface area contributed by atoms with Crippen molar-refractivity contribution in [1.82, 2.24) is 9.78 Å². The number of anilines is 2. The molecule has 0 fully saturated rings. The second-order valence-electron chi connectivity index (χ2n) is 4.45. The van der Waals surface area contributed by atoms with Gasteiger partial charge in [-0.2, -0.15) is 18.3 Å². The third-order valence-corrected chi connectivity index (χ3v) is 2.78. The molecule has 8 heteroatoms. The fraction of sp³-hybridized carbons (Fsp3) is 0.231. The van der Waals surface area contributed by atoms with Crippen LogP contribution in [0.3, 0.4) is 0 Å². The molecule has 5 nitrogen and oxygen atoms in total. The largest absolute Gasteiger partial charge is 0.408 e. The molecule has 112 valence electrons. The van der Waals surface area contributed by atoms with E-state index in [9.17, 15) is 18.0 Å². The monoisotopic (exact) mass is 298 g/mol. The van der Waals surface area contributed by atoms with E-state index < -0.39 is 18.6 Å². The number of nitrogen functional groups attached to an aromatic ring is 1. The zero-order valence-corrected chi connectivity index (χ0v) is 11.1. The first kappa shape index (κ1) is 14.9. The summed E-state index contributed by atoms with van der Waals surface area (Å²) >= 11 is 0. The molecule has 0 aliphatic heterocycles. The van der Waals surface area contributed by atoms with Gasteiger partial charge in [-0.15, -0.1) is 0 Å². The number of nitrogens with two attached hydrogens (primary N) is 1. The first-order valence-electron chi connectivity index (χ1n) is 6.01. The fourth-order valence-corrected chi connectivity index (χ4v) is 1.80. The minimum atomic E-state index is -4.43. The Hall–Kier alpha value is -2.51. The van der Waals surface area contributed by atoms with Gasteiger partial charge >= 0.3 is 6.18 Å². The van der Waals surface area contributed by atoms with E-state index in [4.69, 9.17) is 5.73 Å². The Kier molecular flexibility index (Phi) is 3.88. The Balaban J connectivity index is 2.24. The standard InChI is InChI=1S/C13H13F3N4O/c1-19(9-5-3-2-4-6-9)12(21)11-10(17)7-20(18-11)8-13(14,15)16/h2-7H,8,17H2,1H3. The number of aromatic nitrogens is 2. The predicted octanol–water partition coefficient (Wildman–Crippen LogP) is 2.30. The maximum Gasteiger partial charge on any atom is 0.408 e. The van der Waals surface area contributed by atoms with E-state index in [1.54, 1.807) is 30.3 Å². The number of para-hydroxylation sites is 1. The summed E-state index contributed by atoms with van der Waals surface area (Å²) in [5, 5.41) is 3.62. The first-order chi connectivity index (χ1) is 9.78. The number of nitrogens with zero attached hydrogens (tertiary/aromatic N) is 3. The summed E-state index contributed by atoms with van der Waals surface area (Å²) < 4.78 is 37.5. The minimum Gasteiger partial charge on any atom is -0.396 e. The molecule has 1 heterocycles. The number of hydrogen-bond donors (Lipinski definition) is 1. The molecule has 21 heavy (non-hydrogen) atoms. The van der Waals surface area contributed by atoms with E-state index in [1.165, 1.54) is 11.9 Å². The Morgan fingerprint density at radius 1 is 1.33 bits per heavy atom. The van der Waals surface area contributed by atoms with Gasteiger partial charge in [-0.3, -0.25) is 9.48 Å². The lowest BCUT2D eigenvalue weighted by Gasteiger charge is -2.16. The van der Waals surface area contributed by atoms with Crippen molar-refractivity contribution in [2.24, 2.45) is 0 Å². The van der Waals surface area contributed by atoms with Crippen molar-refractivity contribution in [3.63, 3.8) is 0 Å². The van der Waals surface area contributed by atoms with Crippen molar-refractivity contribution < 1.29 is 18.0 Å². The zero-order valence-electron chi connectivity index (χ0n) is 11.1. The molecule has 0 atom stereocenters. The van der Waals surface area contributed by atoms with Gasteiger partial charge in [0.25, 0.3) is 5.91 Å². The molecular formula is C13H13F3N4O. The van der Waals surface area contributed by atoms with Gasteiger partial charge in [0, 0.05) is 18.9 Å². The number of carbonyl (C=O) groups excluding carboxylic acids is 1. The number of carbonyl (C=O) groups is 1. The maximum atomic E-state index is 12.3. The normalized spacial score (nSPS) is 11.4. The second kappa shape index (κ2) is 5.47. The third kappa shape index (κ3) is 3.53. The van der Waals surface area contributed by atoms with Gasteiger partial charge in [0.2, 0.25) is 0 Å². The highest BCUT2D eigenvalue weighted by atomic mass is 19.4. The summed E-state index contributed by atoms with van der Waals surface area (Å²) in [6.07, 6.45) is -3.43. The van der Waals surface area contributed by atoms with Gasteiger partial charge in [-0.05, 0) is 12.1 Å². The van der Waals surface area contributed by atoms with Crippen LogP contribution < -0.4 is 10.6 Å². The zero-order chi connectivity index (χ0) is 15.6. The summed E-state index contributed by atoms with van der Waals surface area (Å²) in [7, 11) is 1.50. The highest BCUT2D eigenvalue weighted by molar-refractivity contribution is 6.07. The molecule has 1 amide bonds. The number of rotatable bonds is 3. The molecule has 0 saturated heterocycles. The lowest BCUT2D eigenvalue weighted by molar-refractivity contribution is -0.142. The molecule has 1 aromatic carbocycles. The molecule has 0 bridgehead atoms. The molecule has 0 aliphatic carbocycles. The van der Waals surface area contributed by atoms with Gasteiger partial charge in [-0.25, -0.2) is 0 Å². The summed E-state index contributed by atoms with van der Waals surface area (Å²) in [6.45, 7) is -1.29. The quantitative estimate of drug-likeness (QED) is 0.945. The van der Waals surface area contributed by atoms with E-state index in [1.807, 2.05) is 0 Å². The van der Waals surface area contributed by atoms with Crippen LogP contribution in [0.4, 0.5) is 24.5 Å². The van der Waals surface area contributed by atoms with Crippen LogP contribution in [0.2, 0.25) is 0 Å². The molecule has 2 rings (SSSR count). The topological polar surface area (TPSA) is 64.2 Å². The van der Waals surface area contributed by atoms with Gasteiger partial charge in [0.15, 0.2) is 5.69 Å². The number of benzene rings is 1. The average molecular weight is 298 g/mol. The van der Waals surface area contributed by atoms with Crippen molar-refractivity contribution in [2.75, 3.05) is 17.7 Å². The van der Waals surface area contributed by atoms with Crippen LogP contribution in [0.25, 0.3) is 0 Å². The molecule has 2 aromatic rings. The van der Waals surface area contributed by atoms with Crippen molar-refractivity contribution in [2.45, 2.75) is 12.7 Å². The van der Waals surface area contributed by atoms with Crippen molar-refractivity contribution in [1.29, 1.82) is 0 Å². The van der Waals surface area contributed by atoms with Gasteiger partial charge in [0.05, 0.1) is 5.69 Å². The summed E-state index contributed by atoms with van der Waals surface area (Å²) in [6, 6.07) is 8.66. The Morgan fingerprint density at radius 3 is 2.52 bits per heavy atom. The molecule has 0 unspecified atom stereocenters. The van der Waals surface area contributed by atoms with E-state index in [2.05, 4.69) is 5.10 Å². The van der Waals surface area contributed by atoms with Crippen LogP contribution in [-0.4, -0.2) is 28.9 Å². The van der Waals surface area contributed by atoms with Crippen molar-refractivity contribution in [3.8, 4) is 0 Å². The van der Waals surface area contributed by atoms with Crippen LogP contribution in [-0.2, 0) is 6.54 Å². The molecule has 0 radical (unpaired) electrons. The van der Waals surface area contributed by atoms with E-state index >= 15 is 0 Å². The summed E-state index contributed by atoms with van der Waals surface area (Å²) in [5.74, 6) is -0.570. The van der Waals surface area contributed by atoms with Crippen molar-refractivity contribution in [3.05, 3.63) is 42.2 Å². The lowest BCUT2D eigenvalue weighted by Crippen LogP contribution is -2.27. The summed E-state index contributed by atoms with van der Waals surface area (Å²) in [4.78, 5) is 13.5. The smallest absolute Gasteiger partial charge is 0.396 e. The molecule has 0 saturated carbocycles. The Labute approximate surface area is 118 Å². The maximum absolute atomic E-state index is 12.3. The molecule has 0 aliphatic rings. The highest BCUT2D eigenvalue weighted by Crippen LogP contribution is 2.21. The SMILES string of the molecule is CN(C(=O)c1nn(CC(F)(F)F)cc1N)c1ccccc1. The van der Waals surface area contributed by atoms with Gasteiger partial charge < -0.3 is 10.6 Å².